The Morgan fingerprint density at radius 1 is 0.935 bits per heavy atom. The van der Waals surface area contributed by atoms with Gasteiger partial charge in [-0.15, -0.1) is 10.2 Å². The van der Waals surface area contributed by atoms with Crippen LogP contribution in [0.5, 0.6) is 5.75 Å². The third-order valence-electron chi connectivity index (χ3n) is 5.01. The van der Waals surface area contributed by atoms with Gasteiger partial charge < -0.3 is 4.74 Å². The molecule has 0 unspecified atom stereocenters. The van der Waals surface area contributed by atoms with E-state index in [-0.39, 0.29) is 11.5 Å². The minimum atomic E-state index is 0.0385. The van der Waals surface area contributed by atoms with Crippen molar-refractivity contribution in [1.29, 1.82) is 0 Å². The first-order valence-corrected chi connectivity index (χ1v) is 11.0. The van der Waals surface area contributed by atoms with Crippen molar-refractivity contribution < 1.29 is 9.53 Å². The number of carbonyl (C=O) groups excluding carboxylic acids is 1. The summed E-state index contributed by atoms with van der Waals surface area (Å²) in [4.78, 5) is 12.7. The maximum atomic E-state index is 12.7. The molecule has 4 rings (SSSR count). The number of ether oxygens (including phenoxy) is 1. The molecule has 4 aromatic rings. The first-order chi connectivity index (χ1) is 15.2. The number of rotatable bonds is 8. The molecule has 1 aromatic heterocycles. The van der Waals surface area contributed by atoms with Crippen LogP contribution in [0.15, 0.2) is 84.0 Å². The first kappa shape index (κ1) is 20.9. The minimum absolute atomic E-state index is 0.0385. The molecule has 0 radical (unpaired) electrons. The lowest BCUT2D eigenvalue weighted by atomic mass is 10.1. The van der Waals surface area contributed by atoms with Crippen molar-refractivity contribution >= 4 is 17.5 Å². The second kappa shape index (κ2) is 9.62. The van der Waals surface area contributed by atoms with Gasteiger partial charge in [0.15, 0.2) is 10.9 Å². The number of nitrogens with zero attached hydrogens (tertiary/aromatic N) is 3. The highest BCUT2D eigenvalue weighted by molar-refractivity contribution is 7.99. The van der Waals surface area contributed by atoms with E-state index in [4.69, 9.17) is 4.74 Å². The van der Waals surface area contributed by atoms with E-state index >= 15 is 0 Å². The summed E-state index contributed by atoms with van der Waals surface area (Å²) in [5.41, 5.74) is 3.97. The standard InChI is InChI=1S/C25H23N3O2S/c1-18-8-6-7-11-22(18)28-24(16-19-9-4-3-5-10-19)26-27-25(28)31-17-23(29)20-12-14-21(30-2)15-13-20/h3-15H,16-17H2,1-2H3. The van der Waals surface area contributed by atoms with E-state index in [9.17, 15) is 4.79 Å². The zero-order valence-electron chi connectivity index (χ0n) is 17.5. The molecule has 0 aliphatic carbocycles. The molecule has 156 valence electrons. The van der Waals surface area contributed by atoms with Crippen LogP contribution in [0.3, 0.4) is 0 Å². The number of Topliss-reactive ketones (excluding diaryl/α,β-unsaturated/α-hetero) is 1. The molecular formula is C25H23N3O2S. The number of aryl methyl sites for hydroxylation is 1. The average Bonchev–Trinajstić information content (AvgIpc) is 3.20. The summed E-state index contributed by atoms with van der Waals surface area (Å²) in [6.45, 7) is 2.07. The highest BCUT2D eigenvalue weighted by atomic mass is 32.2. The Morgan fingerprint density at radius 3 is 2.35 bits per heavy atom. The lowest BCUT2D eigenvalue weighted by Gasteiger charge is -2.13. The summed E-state index contributed by atoms with van der Waals surface area (Å²) >= 11 is 1.40. The Balaban J connectivity index is 1.61. The smallest absolute Gasteiger partial charge is 0.196 e. The van der Waals surface area contributed by atoms with E-state index in [2.05, 4.69) is 46.0 Å². The van der Waals surface area contributed by atoms with Gasteiger partial charge in [-0.25, -0.2) is 0 Å². The second-order valence-electron chi connectivity index (χ2n) is 7.12. The summed E-state index contributed by atoms with van der Waals surface area (Å²) in [6, 6.07) is 25.5. The van der Waals surface area contributed by atoms with Gasteiger partial charge in [0.2, 0.25) is 0 Å². The number of thioether (sulfide) groups is 1. The number of methoxy groups -OCH3 is 1. The zero-order chi connectivity index (χ0) is 21.6. The Labute approximate surface area is 186 Å². The summed E-state index contributed by atoms with van der Waals surface area (Å²) in [5.74, 6) is 1.90. The zero-order valence-corrected chi connectivity index (χ0v) is 18.3. The SMILES string of the molecule is COc1ccc(C(=O)CSc2nnc(Cc3ccccc3)n2-c2ccccc2C)cc1. The molecule has 0 aliphatic heterocycles. The third-order valence-corrected chi connectivity index (χ3v) is 5.94. The van der Waals surface area contributed by atoms with Gasteiger partial charge in [0.1, 0.15) is 11.6 Å². The molecule has 0 fully saturated rings. The molecule has 31 heavy (non-hydrogen) atoms. The van der Waals surface area contributed by atoms with Gasteiger partial charge in [0, 0.05) is 12.0 Å². The summed E-state index contributed by atoms with van der Waals surface area (Å²) in [6.07, 6.45) is 0.662. The molecule has 0 amide bonds. The van der Waals surface area contributed by atoms with Crippen molar-refractivity contribution in [3.05, 3.63) is 101 Å². The number of hydrogen-bond donors (Lipinski definition) is 0. The molecule has 0 aliphatic rings. The number of carbonyl (C=O) groups is 1. The molecular weight excluding hydrogens is 406 g/mol. The number of benzene rings is 3. The highest BCUT2D eigenvalue weighted by Crippen LogP contribution is 2.26. The van der Waals surface area contributed by atoms with E-state index in [0.29, 0.717) is 17.1 Å². The number of hydrogen-bond acceptors (Lipinski definition) is 5. The van der Waals surface area contributed by atoms with Crippen LogP contribution < -0.4 is 4.74 Å². The minimum Gasteiger partial charge on any atom is -0.497 e. The van der Waals surface area contributed by atoms with E-state index in [1.807, 2.05) is 30.3 Å². The van der Waals surface area contributed by atoms with E-state index in [1.54, 1.807) is 31.4 Å². The van der Waals surface area contributed by atoms with Crippen molar-refractivity contribution in [2.75, 3.05) is 12.9 Å². The van der Waals surface area contributed by atoms with Gasteiger partial charge in [0.05, 0.1) is 18.6 Å². The molecule has 3 aromatic carbocycles. The fourth-order valence-electron chi connectivity index (χ4n) is 3.33. The fraction of sp³-hybridized carbons (Fsp3) is 0.160. The lowest BCUT2D eigenvalue weighted by Crippen LogP contribution is -2.07. The topological polar surface area (TPSA) is 57.0 Å². The predicted octanol–water partition coefficient (Wildman–Crippen LogP) is 5.15. The normalized spacial score (nSPS) is 10.8. The Bertz CT molecular complexity index is 1170. The Morgan fingerprint density at radius 2 is 1.65 bits per heavy atom. The van der Waals surface area contributed by atoms with Crippen LogP contribution in [0.25, 0.3) is 5.69 Å². The van der Waals surface area contributed by atoms with Crippen LogP contribution in [-0.4, -0.2) is 33.4 Å². The van der Waals surface area contributed by atoms with E-state index in [0.717, 1.165) is 28.4 Å². The number of para-hydroxylation sites is 1. The maximum absolute atomic E-state index is 12.7. The van der Waals surface area contributed by atoms with Gasteiger partial charge in [-0.1, -0.05) is 60.3 Å². The first-order valence-electron chi connectivity index (χ1n) is 10.00. The van der Waals surface area contributed by atoms with Crippen molar-refractivity contribution in [2.24, 2.45) is 0 Å². The Kier molecular flexibility index (Phi) is 6.48. The van der Waals surface area contributed by atoms with Gasteiger partial charge in [0.25, 0.3) is 0 Å². The van der Waals surface area contributed by atoms with Crippen LogP contribution in [0.1, 0.15) is 27.3 Å². The molecule has 0 bridgehead atoms. The van der Waals surface area contributed by atoms with Crippen molar-refractivity contribution in [1.82, 2.24) is 14.8 Å². The van der Waals surface area contributed by atoms with Crippen LogP contribution >= 0.6 is 11.8 Å². The van der Waals surface area contributed by atoms with Gasteiger partial charge >= 0.3 is 0 Å². The Hall–Kier alpha value is -3.38. The molecule has 1 heterocycles. The van der Waals surface area contributed by atoms with Gasteiger partial charge in [-0.05, 0) is 48.4 Å². The molecule has 6 heteroatoms. The quantitative estimate of drug-likeness (QED) is 0.286. The molecule has 0 atom stereocenters. The molecule has 0 saturated heterocycles. The van der Waals surface area contributed by atoms with Gasteiger partial charge in [-0.3, -0.25) is 9.36 Å². The maximum Gasteiger partial charge on any atom is 0.196 e. The molecule has 0 saturated carbocycles. The molecule has 0 N–H and O–H groups in total. The van der Waals surface area contributed by atoms with Crippen molar-refractivity contribution in [2.45, 2.75) is 18.5 Å². The van der Waals surface area contributed by atoms with Crippen LogP contribution in [0.4, 0.5) is 0 Å². The molecule has 5 nitrogen and oxygen atoms in total. The monoisotopic (exact) mass is 429 g/mol. The third kappa shape index (κ3) is 4.86. The van der Waals surface area contributed by atoms with Gasteiger partial charge in [-0.2, -0.15) is 0 Å². The summed E-state index contributed by atoms with van der Waals surface area (Å²) in [7, 11) is 1.61. The highest BCUT2D eigenvalue weighted by Gasteiger charge is 2.18. The largest absolute Gasteiger partial charge is 0.497 e. The van der Waals surface area contributed by atoms with Crippen molar-refractivity contribution in [3.63, 3.8) is 0 Å². The molecule has 0 spiro atoms. The summed E-state index contributed by atoms with van der Waals surface area (Å²) < 4.78 is 7.23. The van der Waals surface area contributed by atoms with Crippen LogP contribution in [0, 0.1) is 6.92 Å². The second-order valence-corrected chi connectivity index (χ2v) is 8.07. The predicted molar refractivity (Wildman–Crippen MR) is 123 cm³/mol. The number of ketones is 1. The van der Waals surface area contributed by atoms with E-state index < -0.39 is 0 Å². The van der Waals surface area contributed by atoms with Crippen molar-refractivity contribution in [3.8, 4) is 11.4 Å². The average molecular weight is 430 g/mol. The van der Waals surface area contributed by atoms with Crippen LogP contribution in [0.2, 0.25) is 0 Å². The van der Waals surface area contributed by atoms with E-state index in [1.165, 1.54) is 11.8 Å². The van der Waals surface area contributed by atoms with Crippen LogP contribution in [-0.2, 0) is 6.42 Å². The summed E-state index contributed by atoms with van der Waals surface area (Å²) in [5, 5.41) is 9.60. The fourth-order valence-corrected chi connectivity index (χ4v) is 4.19. The number of aromatic nitrogens is 3. The lowest BCUT2D eigenvalue weighted by molar-refractivity contribution is 0.102.